The maximum absolute atomic E-state index is 2.44. The molecule has 9 aromatic carbocycles. The number of fused-ring (bicyclic) bond motifs is 6. The van der Waals surface area contributed by atoms with Crippen molar-refractivity contribution in [2.24, 2.45) is 5.92 Å². The van der Waals surface area contributed by atoms with Gasteiger partial charge in [-0.1, -0.05) is 212 Å². The molecule has 3 atom stereocenters. The number of nitrogens with zero attached hydrogens (tertiary/aromatic N) is 1. The van der Waals surface area contributed by atoms with E-state index >= 15 is 0 Å². The number of hydrogen-bond acceptors (Lipinski definition) is 1. The molecule has 9 aromatic rings. The Kier molecular flexibility index (Phi) is 8.18. The Hall–Kier alpha value is -7.48. The zero-order valence-corrected chi connectivity index (χ0v) is 33.8. The second kappa shape index (κ2) is 14.1. The molecule has 0 aliphatic heterocycles. The van der Waals surface area contributed by atoms with E-state index in [1.807, 2.05) is 0 Å². The smallest absolute Gasteiger partial charge is 0.0708 e. The summed E-state index contributed by atoms with van der Waals surface area (Å²) < 4.78 is 0. The Morgan fingerprint density at radius 3 is 1.74 bits per heavy atom. The minimum atomic E-state index is -0.580. The van der Waals surface area contributed by atoms with Gasteiger partial charge in [0.05, 0.1) is 16.5 Å². The van der Waals surface area contributed by atoms with E-state index in [4.69, 9.17) is 0 Å². The molecule has 0 saturated heterocycles. The first-order valence-corrected chi connectivity index (χ1v) is 21.5. The monoisotopic (exact) mass is 777 g/mol. The Bertz CT molecular complexity index is 3140. The van der Waals surface area contributed by atoms with Gasteiger partial charge in [0, 0.05) is 22.7 Å². The summed E-state index contributed by atoms with van der Waals surface area (Å²) in [7, 11) is 0. The van der Waals surface area contributed by atoms with Crippen LogP contribution in [0.2, 0.25) is 0 Å². The predicted octanol–water partition coefficient (Wildman–Crippen LogP) is 15.0. The summed E-state index contributed by atoms with van der Waals surface area (Å²) in [6.45, 7) is 0. The van der Waals surface area contributed by atoms with E-state index < -0.39 is 5.41 Å². The number of anilines is 3. The molecule has 0 bridgehead atoms. The fourth-order valence-electron chi connectivity index (χ4n) is 11.4. The van der Waals surface area contributed by atoms with Gasteiger partial charge in [0.1, 0.15) is 0 Å². The molecule has 3 unspecified atom stereocenters. The molecule has 3 aliphatic rings. The van der Waals surface area contributed by atoms with Crippen LogP contribution in [0.1, 0.15) is 50.9 Å². The van der Waals surface area contributed by atoms with Gasteiger partial charge in [0.25, 0.3) is 0 Å². The van der Waals surface area contributed by atoms with Crippen molar-refractivity contribution in [3.8, 4) is 11.1 Å². The average Bonchev–Trinajstić information content (AvgIpc) is 3.65. The summed E-state index contributed by atoms with van der Waals surface area (Å²) in [4.78, 5) is 2.43. The summed E-state index contributed by atoms with van der Waals surface area (Å²) in [6, 6.07) is 83.7. The van der Waals surface area contributed by atoms with Crippen molar-refractivity contribution < 1.29 is 0 Å². The molecule has 12 rings (SSSR count). The Morgan fingerprint density at radius 2 is 0.984 bits per heavy atom. The number of hydrogen-bond donors (Lipinski definition) is 0. The van der Waals surface area contributed by atoms with Gasteiger partial charge in [-0.25, -0.2) is 0 Å². The Balaban J connectivity index is 1.10. The fourth-order valence-corrected chi connectivity index (χ4v) is 11.4. The number of rotatable bonds is 7. The molecule has 61 heavy (non-hydrogen) atoms. The van der Waals surface area contributed by atoms with Gasteiger partial charge in [-0.2, -0.15) is 0 Å². The van der Waals surface area contributed by atoms with Gasteiger partial charge in [0.15, 0.2) is 0 Å². The van der Waals surface area contributed by atoms with E-state index in [2.05, 4.69) is 248 Å². The largest absolute Gasteiger partial charge is 0.310 e. The van der Waals surface area contributed by atoms with Crippen molar-refractivity contribution >= 4 is 33.4 Å². The van der Waals surface area contributed by atoms with Gasteiger partial charge in [-0.15, -0.1) is 0 Å². The highest BCUT2D eigenvalue weighted by atomic mass is 15.1. The van der Waals surface area contributed by atoms with Gasteiger partial charge in [-0.3, -0.25) is 0 Å². The standard InChI is InChI=1S/C60H43N/c1-4-18-42(19-5-1)43-34-38-48(39-35-43)61(57-33-16-21-44-20-10-11-26-50(44)57)49-40-36-47(37-41-49)59(45-22-6-2-7-23-45)54-30-14-15-31-55(54)60(46-24-8-3-9-25-46)53-29-13-12-27-51(53)52-28-17-32-56(59)58(52)60/h1-28,30-41,53H,29H2. The third kappa shape index (κ3) is 5.14. The second-order valence-electron chi connectivity index (χ2n) is 16.7. The third-order valence-corrected chi connectivity index (χ3v) is 13.8. The van der Waals surface area contributed by atoms with Gasteiger partial charge >= 0.3 is 0 Å². The van der Waals surface area contributed by atoms with Crippen molar-refractivity contribution in [2.45, 2.75) is 17.3 Å². The van der Waals surface area contributed by atoms with E-state index in [0.29, 0.717) is 0 Å². The van der Waals surface area contributed by atoms with E-state index in [0.717, 1.165) is 23.5 Å². The Labute approximate surface area is 358 Å². The van der Waals surface area contributed by atoms with Gasteiger partial charge in [-0.05, 0) is 103 Å². The molecular formula is C60H43N. The molecule has 1 heteroatoms. The van der Waals surface area contributed by atoms with Crippen LogP contribution in [0.4, 0.5) is 17.1 Å². The number of benzene rings is 9. The molecule has 0 N–H and O–H groups in total. The summed E-state index contributed by atoms with van der Waals surface area (Å²) in [5.74, 6) is 0.288. The lowest BCUT2D eigenvalue weighted by molar-refractivity contribution is 0.454. The highest BCUT2D eigenvalue weighted by molar-refractivity contribution is 5.99. The van der Waals surface area contributed by atoms with Crippen LogP contribution in [-0.4, -0.2) is 0 Å². The molecule has 0 aromatic heterocycles. The zero-order valence-electron chi connectivity index (χ0n) is 33.8. The molecule has 0 fully saturated rings. The normalized spacial score (nSPS) is 19.4. The van der Waals surface area contributed by atoms with Crippen LogP contribution < -0.4 is 4.90 Å². The minimum Gasteiger partial charge on any atom is -0.310 e. The first-order chi connectivity index (χ1) is 30.3. The molecule has 0 radical (unpaired) electrons. The van der Waals surface area contributed by atoms with Crippen molar-refractivity contribution in [1.82, 2.24) is 0 Å². The molecule has 3 aliphatic carbocycles. The summed E-state index contributed by atoms with van der Waals surface area (Å²) in [6.07, 6.45) is 8.03. The van der Waals surface area contributed by atoms with Crippen molar-refractivity contribution in [2.75, 3.05) is 4.90 Å². The first kappa shape index (κ1) is 35.5. The van der Waals surface area contributed by atoms with Crippen LogP contribution >= 0.6 is 0 Å². The fraction of sp³-hybridized carbons (Fsp3) is 0.0667. The molecule has 0 spiro atoms. The quantitative estimate of drug-likeness (QED) is 0.156. The SMILES string of the molecule is C1=CCC2C(=C1)c1cccc3c1C2(c1ccccc1)c1ccccc1C3(c1ccccc1)c1ccc(N(c2ccc(-c3ccccc3)cc2)c2cccc3ccccc23)cc1. The third-order valence-electron chi connectivity index (χ3n) is 13.8. The molecule has 1 nitrogen and oxygen atoms in total. The maximum Gasteiger partial charge on any atom is 0.0708 e. The minimum absolute atomic E-state index is 0.288. The van der Waals surface area contributed by atoms with E-state index in [1.165, 1.54) is 72.0 Å². The topological polar surface area (TPSA) is 3.24 Å². The van der Waals surface area contributed by atoms with Crippen LogP contribution in [0.25, 0.3) is 27.5 Å². The van der Waals surface area contributed by atoms with E-state index in [9.17, 15) is 0 Å². The lowest BCUT2D eigenvalue weighted by Crippen LogP contribution is -2.46. The van der Waals surface area contributed by atoms with Crippen LogP contribution in [0, 0.1) is 5.92 Å². The van der Waals surface area contributed by atoms with E-state index in [1.54, 1.807) is 0 Å². The van der Waals surface area contributed by atoms with Gasteiger partial charge < -0.3 is 4.90 Å². The average molecular weight is 778 g/mol. The van der Waals surface area contributed by atoms with Crippen LogP contribution in [0.5, 0.6) is 0 Å². The molecule has 0 saturated carbocycles. The van der Waals surface area contributed by atoms with Crippen molar-refractivity contribution in [1.29, 1.82) is 0 Å². The molecule has 0 heterocycles. The second-order valence-corrected chi connectivity index (χ2v) is 16.7. The van der Waals surface area contributed by atoms with E-state index in [-0.39, 0.29) is 11.3 Å². The lowest BCUT2D eigenvalue weighted by atomic mass is 9.50. The van der Waals surface area contributed by atoms with Crippen LogP contribution in [0.15, 0.2) is 243 Å². The summed E-state index contributed by atoms with van der Waals surface area (Å²) >= 11 is 0. The van der Waals surface area contributed by atoms with Crippen LogP contribution in [0.3, 0.4) is 0 Å². The zero-order chi connectivity index (χ0) is 40.4. The molecule has 0 amide bonds. The van der Waals surface area contributed by atoms with Crippen molar-refractivity contribution in [3.63, 3.8) is 0 Å². The lowest BCUT2D eigenvalue weighted by Gasteiger charge is -2.51. The first-order valence-electron chi connectivity index (χ1n) is 21.5. The van der Waals surface area contributed by atoms with Crippen LogP contribution in [-0.2, 0) is 10.8 Å². The Morgan fingerprint density at radius 1 is 0.426 bits per heavy atom. The number of allylic oxidation sites excluding steroid dienone is 4. The molecular weight excluding hydrogens is 735 g/mol. The highest BCUT2D eigenvalue weighted by Crippen LogP contribution is 2.67. The maximum atomic E-state index is 2.44. The van der Waals surface area contributed by atoms with Crippen molar-refractivity contribution in [3.05, 3.63) is 287 Å². The van der Waals surface area contributed by atoms with Gasteiger partial charge in [0.2, 0.25) is 0 Å². The molecule has 288 valence electrons. The summed E-state index contributed by atoms with van der Waals surface area (Å²) in [5.41, 5.74) is 17.1. The summed E-state index contributed by atoms with van der Waals surface area (Å²) in [5, 5.41) is 2.43. The highest BCUT2D eigenvalue weighted by Gasteiger charge is 2.60. The predicted molar refractivity (Wildman–Crippen MR) is 254 cm³/mol.